The maximum Gasteiger partial charge on any atom is 0.237 e. The lowest BCUT2D eigenvalue weighted by Gasteiger charge is -2.11. The van der Waals surface area contributed by atoms with Crippen LogP contribution < -0.4 is 5.32 Å². The zero-order valence-electron chi connectivity index (χ0n) is 10.4. The molecule has 6 nitrogen and oxygen atoms in total. The van der Waals surface area contributed by atoms with Crippen molar-refractivity contribution < 1.29 is 4.79 Å². The molecule has 8 heteroatoms. The summed E-state index contributed by atoms with van der Waals surface area (Å²) in [4.78, 5) is 12.0. The molecule has 1 amide bonds. The average molecular weight is 298 g/mol. The van der Waals surface area contributed by atoms with E-state index in [2.05, 4.69) is 20.8 Å². The number of carbonyl (C=O) groups is 1. The number of halogens is 1. The van der Waals surface area contributed by atoms with Crippen LogP contribution in [0.25, 0.3) is 0 Å². The van der Waals surface area contributed by atoms with Gasteiger partial charge in [-0.05, 0) is 29.5 Å². The van der Waals surface area contributed by atoms with Gasteiger partial charge in [0.15, 0.2) is 0 Å². The lowest BCUT2D eigenvalue weighted by molar-refractivity contribution is -0.115. The highest BCUT2D eigenvalue weighted by Gasteiger charge is 2.18. The van der Waals surface area contributed by atoms with Crippen LogP contribution in [0.5, 0.6) is 0 Å². The van der Waals surface area contributed by atoms with Crippen LogP contribution in [-0.2, 0) is 11.8 Å². The highest BCUT2D eigenvalue weighted by atomic mass is 35.5. The molecule has 0 aliphatic heterocycles. The molecule has 100 valence electrons. The summed E-state index contributed by atoms with van der Waals surface area (Å²) < 4.78 is 1.52. The lowest BCUT2D eigenvalue weighted by atomic mass is 10.3. The average Bonchev–Trinajstić information content (AvgIpc) is 2.78. The molecule has 2 rings (SSSR count). The summed E-state index contributed by atoms with van der Waals surface area (Å²) in [5.74, 6) is -0.152. The van der Waals surface area contributed by atoms with Crippen LogP contribution in [0.15, 0.2) is 29.4 Å². The molecule has 1 unspecified atom stereocenters. The van der Waals surface area contributed by atoms with Gasteiger partial charge in [-0.2, -0.15) is 0 Å². The first kappa shape index (κ1) is 13.8. The SMILES string of the molecule is CC(Sc1nnnn1C)C(=O)Nc1ccccc1Cl. The van der Waals surface area contributed by atoms with Crippen molar-refractivity contribution in [3.05, 3.63) is 29.3 Å². The number of hydrogen-bond donors (Lipinski definition) is 1. The van der Waals surface area contributed by atoms with Crippen LogP contribution >= 0.6 is 23.4 Å². The molecule has 0 aliphatic rings. The van der Waals surface area contributed by atoms with Crippen molar-refractivity contribution in [2.75, 3.05) is 5.32 Å². The Morgan fingerprint density at radius 1 is 1.47 bits per heavy atom. The van der Waals surface area contributed by atoms with Gasteiger partial charge in [0.25, 0.3) is 0 Å². The third-order valence-corrected chi connectivity index (χ3v) is 3.82. The second kappa shape index (κ2) is 6.03. The summed E-state index contributed by atoms with van der Waals surface area (Å²) in [6.07, 6.45) is 0. The first-order valence-electron chi connectivity index (χ1n) is 5.52. The number of thioether (sulfide) groups is 1. The third kappa shape index (κ3) is 3.45. The molecule has 1 aromatic heterocycles. The van der Waals surface area contributed by atoms with Crippen molar-refractivity contribution in [2.45, 2.75) is 17.3 Å². The van der Waals surface area contributed by atoms with E-state index in [1.807, 2.05) is 6.07 Å². The molecule has 2 aromatic rings. The number of nitrogens with zero attached hydrogens (tertiary/aromatic N) is 4. The summed E-state index contributed by atoms with van der Waals surface area (Å²) in [6, 6.07) is 7.09. The van der Waals surface area contributed by atoms with Crippen molar-refractivity contribution >= 4 is 35.0 Å². The fourth-order valence-electron chi connectivity index (χ4n) is 1.33. The first-order valence-corrected chi connectivity index (χ1v) is 6.78. The Kier molecular flexibility index (Phi) is 4.39. The fraction of sp³-hybridized carbons (Fsp3) is 0.273. The fourth-order valence-corrected chi connectivity index (χ4v) is 2.27. The standard InChI is InChI=1S/C11H12ClN5OS/c1-7(19-11-14-15-16-17(11)2)10(18)13-9-6-4-3-5-8(9)12/h3-7H,1-2H3,(H,13,18). The Morgan fingerprint density at radius 2 is 2.21 bits per heavy atom. The second-order valence-corrected chi connectivity index (χ2v) is 5.53. The molecule has 0 bridgehead atoms. The molecule has 1 heterocycles. The number of aromatic nitrogens is 4. The molecule has 1 aromatic carbocycles. The maximum atomic E-state index is 12.0. The summed E-state index contributed by atoms with van der Waals surface area (Å²) in [5, 5.41) is 14.6. The summed E-state index contributed by atoms with van der Waals surface area (Å²) in [7, 11) is 1.72. The predicted molar refractivity (Wildman–Crippen MR) is 74.2 cm³/mol. The first-order chi connectivity index (χ1) is 9.08. The molecular weight excluding hydrogens is 286 g/mol. The molecule has 0 spiro atoms. The van der Waals surface area contributed by atoms with E-state index in [-0.39, 0.29) is 11.2 Å². The van der Waals surface area contributed by atoms with Gasteiger partial charge in [0.05, 0.1) is 16.0 Å². The van der Waals surface area contributed by atoms with Crippen molar-refractivity contribution in [2.24, 2.45) is 7.05 Å². The van der Waals surface area contributed by atoms with Crippen LogP contribution in [0.3, 0.4) is 0 Å². The van der Waals surface area contributed by atoms with Crippen molar-refractivity contribution in [1.82, 2.24) is 20.2 Å². The Morgan fingerprint density at radius 3 is 2.84 bits per heavy atom. The molecule has 0 radical (unpaired) electrons. The minimum atomic E-state index is -0.332. The van der Waals surface area contributed by atoms with Gasteiger partial charge in [-0.3, -0.25) is 4.79 Å². The van der Waals surface area contributed by atoms with E-state index in [4.69, 9.17) is 11.6 Å². The van der Waals surface area contributed by atoms with Gasteiger partial charge in [-0.15, -0.1) is 5.10 Å². The largest absolute Gasteiger partial charge is 0.324 e. The highest BCUT2D eigenvalue weighted by molar-refractivity contribution is 8.00. The van der Waals surface area contributed by atoms with Gasteiger partial charge in [-0.25, -0.2) is 4.68 Å². The van der Waals surface area contributed by atoms with Gasteiger partial charge in [-0.1, -0.05) is 35.5 Å². The van der Waals surface area contributed by atoms with Crippen LogP contribution in [-0.4, -0.2) is 31.4 Å². The third-order valence-electron chi connectivity index (χ3n) is 2.36. The van der Waals surface area contributed by atoms with E-state index in [1.165, 1.54) is 16.4 Å². The number of nitrogens with one attached hydrogen (secondary N) is 1. The van der Waals surface area contributed by atoms with Crippen LogP contribution in [0.1, 0.15) is 6.92 Å². The Bertz CT molecular complexity index is 588. The Hall–Kier alpha value is -1.60. The minimum Gasteiger partial charge on any atom is -0.324 e. The number of tetrazole rings is 1. The van der Waals surface area contributed by atoms with E-state index in [0.717, 1.165) is 0 Å². The number of benzene rings is 1. The van der Waals surface area contributed by atoms with Crippen LogP contribution in [0, 0.1) is 0 Å². The van der Waals surface area contributed by atoms with Gasteiger partial charge in [0.2, 0.25) is 11.1 Å². The van der Waals surface area contributed by atoms with Gasteiger partial charge in [0, 0.05) is 7.05 Å². The zero-order chi connectivity index (χ0) is 13.8. The predicted octanol–water partition coefficient (Wildman–Crippen LogP) is 1.98. The molecule has 0 fully saturated rings. The topological polar surface area (TPSA) is 72.7 Å². The van der Waals surface area contributed by atoms with E-state index < -0.39 is 0 Å². The van der Waals surface area contributed by atoms with E-state index in [1.54, 1.807) is 32.2 Å². The van der Waals surface area contributed by atoms with E-state index >= 15 is 0 Å². The Labute approximate surface area is 119 Å². The summed E-state index contributed by atoms with van der Waals surface area (Å²) >= 11 is 7.26. The van der Waals surface area contributed by atoms with Crippen molar-refractivity contribution in [3.63, 3.8) is 0 Å². The molecule has 0 saturated carbocycles. The molecule has 19 heavy (non-hydrogen) atoms. The van der Waals surface area contributed by atoms with Gasteiger partial charge >= 0.3 is 0 Å². The quantitative estimate of drug-likeness (QED) is 0.874. The highest BCUT2D eigenvalue weighted by Crippen LogP contribution is 2.24. The van der Waals surface area contributed by atoms with Gasteiger partial charge < -0.3 is 5.32 Å². The molecular formula is C11H12ClN5OS. The molecule has 1 N–H and O–H groups in total. The lowest BCUT2D eigenvalue weighted by Crippen LogP contribution is -2.23. The van der Waals surface area contributed by atoms with Crippen molar-refractivity contribution in [1.29, 1.82) is 0 Å². The number of amides is 1. The normalized spacial score (nSPS) is 12.2. The maximum absolute atomic E-state index is 12.0. The molecule has 1 atom stereocenters. The zero-order valence-corrected chi connectivity index (χ0v) is 11.9. The molecule has 0 aliphatic carbocycles. The molecule has 0 saturated heterocycles. The Balaban J connectivity index is 2.00. The van der Waals surface area contributed by atoms with Crippen molar-refractivity contribution in [3.8, 4) is 0 Å². The second-order valence-electron chi connectivity index (χ2n) is 3.81. The van der Waals surface area contributed by atoms with Crippen LogP contribution in [0.2, 0.25) is 5.02 Å². The number of carbonyl (C=O) groups excluding carboxylic acids is 1. The number of hydrogen-bond acceptors (Lipinski definition) is 5. The number of rotatable bonds is 4. The monoisotopic (exact) mass is 297 g/mol. The smallest absolute Gasteiger partial charge is 0.237 e. The number of para-hydroxylation sites is 1. The van der Waals surface area contributed by atoms with Crippen LogP contribution in [0.4, 0.5) is 5.69 Å². The summed E-state index contributed by atoms with van der Waals surface area (Å²) in [5.41, 5.74) is 0.595. The van der Waals surface area contributed by atoms with E-state index in [0.29, 0.717) is 15.9 Å². The van der Waals surface area contributed by atoms with Gasteiger partial charge in [0.1, 0.15) is 0 Å². The summed E-state index contributed by atoms with van der Waals surface area (Å²) in [6.45, 7) is 1.78. The minimum absolute atomic E-state index is 0.152. The number of aryl methyl sites for hydroxylation is 1. The number of anilines is 1. The van der Waals surface area contributed by atoms with E-state index in [9.17, 15) is 4.79 Å².